The highest BCUT2D eigenvalue weighted by Crippen LogP contribution is 2.43. The molecule has 0 radical (unpaired) electrons. The summed E-state index contributed by atoms with van der Waals surface area (Å²) in [4.78, 5) is 14.3. The minimum Gasteiger partial charge on any atom is -0.376 e. The van der Waals surface area contributed by atoms with Crippen molar-refractivity contribution in [1.82, 2.24) is 10.2 Å². The zero-order valence-corrected chi connectivity index (χ0v) is 9.32. The number of carbonyl (C=O) groups is 1. The summed E-state index contributed by atoms with van der Waals surface area (Å²) in [5.41, 5.74) is -0.179. The maximum atomic E-state index is 12.2. The fraction of sp³-hybridized carbons (Fsp3) is 0.909. The smallest absolute Gasteiger partial charge is 0.244 e. The van der Waals surface area contributed by atoms with E-state index < -0.39 is 0 Å². The first-order valence-corrected chi connectivity index (χ1v) is 5.86. The minimum absolute atomic E-state index is 0.175. The number of carbonyl (C=O) groups excluding carboxylic acids is 1. The fourth-order valence-electron chi connectivity index (χ4n) is 2.96. The molecule has 84 valence electrons. The number of ether oxygens (including phenoxy) is 1. The molecule has 2 aliphatic heterocycles. The van der Waals surface area contributed by atoms with Gasteiger partial charge in [-0.1, -0.05) is 0 Å². The number of amides is 1. The Morgan fingerprint density at radius 1 is 1.47 bits per heavy atom. The average Bonchev–Trinajstić information content (AvgIpc) is 2.78. The number of rotatable bonds is 1. The standard InChI is InChI=1S/C11H18N2O2/c1-7-9(3-6-15-7)13-8(2)12-11(4-5-11)10(13)14/h7-9,12H,3-6H2,1-2H3. The Bertz CT molecular complexity index is 301. The van der Waals surface area contributed by atoms with Crippen LogP contribution in [-0.2, 0) is 9.53 Å². The summed E-state index contributed by atoms with van der Waals surface area (Å²) < 4.78 is 5.54. The van der Waals surface area contributed by atoms with E-state index in [2.05, 4.69) is 19.2 Å². The molecule has 3 rings (SSSR count). The van der Waals surface area contributed by atoms with Crippen molar-refractivity contribution in [1.29, 1.82) is 0 Å². The van der Waals surface area contributed by atoms with Crippen LogP contribution in [0.2, 0.25) is 0 Å². The molecule has 1 saturated carbocycles. The molecule has 2 heterocycles. The highest BCUT2D eigenvalue weighted by atomic mass is 16.5. The van der Waals surface area contributed by atoms with E-state index in [4.69, 9.17) is 4.74 Å². The highest BCUT2D eigenvalue weighted by molar-refractivity contribution is 5.92. The number of hydrogen-bond acceptors (Lipinski definition) is 3. The van der Waals surface area contributed by atoms with Gasteiger partial charge in [-0.2, -0.15) is 0 Å². The Balaban J connectivity index is 1.83. The Morgan fingerprint density at radius 3 is 2.67 bits per heavy atom. The number of nitrogens with one attached hydrogen (secondary N) is 1. The Kier molecular flexibility index (Phi) is 1.89. The molecule has 4 heteroatoms. The van der Waals surface area contributed by atoms with Gasteiger partial charge >= 0.3 is 0 Å². The van der Waals surface area contributed by atoms with Crippen molar-refractivity contribution in [3.8, 4) is 0 Å². The number of hydrogen-bond donors (Lipinski definition) is 1. The van der Waals surface area contributed by atoms with Crippen LogP contribution >= 0.6 is 0 Å². The van der Waals surface area contributed by atoms with Crippen LogP contribution in [0.25, 0.3) is 0 Å². The van der Waals surface area contributed by atoms with Crippen LogP contribution in [0.1, 0.15) is 33.1 Å². The number of nitrogens with zero attached hydrogens (tertiary/aromatic N) is 1. The van der Waals surface area contributed by atoms with Gasteiger partial charge in [0.1, 0.15) is 0 Å². The van der Waals surface area contributed by atoms with E-state index in [1.54, 1.807) is 0 Å². The first-order chi connectivity index (χ1) is 7.14. The van der Waals surface area contributed by atoms with Crippen LogP contribution in [0.3, 0.4) is 0 Å². The van der Waals surface area contributed by atoms with E-state index in [1.807, 2.05) is 4.90 Å². The summed E-state index contributed by atoms with van der Waals surface area (Å²) in [7, 11) is 0. The largest absolute Gasteiger partial charge is 0.376 e. The molecule has 3 aliphatic rings. The zero-order chi connectivity index (χ0) is 10.6. The van der Waals surface area contributed by atoms with E-state index in [9.17, 15) is 4.79 Å². The van der Waals surface area contributed by atoms with Gasteiger partial charge in [-0.05, 0) is 33.1 Å². The molecule has 0 aromatic heterocycles. The normalized spacial score (nSPS) is 42.9. The summed E-state index contributed by atoms with van der Waals surface area (Å²) in [6.07, 6.45) is 3.36. The van der Waals surface area contributed by atoms with Gasteiger partial charge in [0.15, 0.2) is 0 Å². The van der Waals surface area contributed by atoms with Crippen LogP contribution < -0.4 is 5.32 Å². The molecule has 0 aromatic carbocycles. The Hall–Kier alpha value is -0.610. The van der Waals surface area contributed by atoms with Crippen LogP contribution in [0, 0.1) is 0 Å². The molecule has 3 fully saturated rings. The molecule has 1 amide bonds. The van der Waals surface area contributed by atoms with Crippen molar-refractivity contribution < 1.29 is 9.53 Å². The van der Waals surface area contributed by atoms with Gasteiger partial charge in [-0.25, -0.2) is 0 Å². The molecule has 0 aromatic rings. The average molecular weight is 210 g/mol. The topological polar surface area (TPSA) is 41.6 Å². The Labute approximate surface area is 90.0 Å². The quantitative estimate of drug-likeness (QED) is 0.684. The predicted octanol–water partition coefficient (Wildman–Crippen LogP) is 0.474. The summed E-state index contributed by atoms with van der Waals surface area (Å²) >= 11 is 0. The van der Waals surface area contributed by atoms with Crippen molar-refractivity contribution in [3.05, 3.63) is 0 Å². The van der Waals surface area contributed by atoms with Gasteiger partial charge < -0.3 is 9.64 Å². The third-order valence-electron chi connectivity index (χ3n) is 3.99. The highest BCUT2D eigenvalue weighted by Gasteiger charge is 2.60. The predicted molar refractivity (Wildman–Crippen MR) is 55.2 cm³/mol. The summed E-state index contributed by atoms with van der Waals surface area (Å²) in [5.74, 6) is 0.303. The van der Waals surface area contributed by atoms with Crippen molar-refractivity contribution in [2.24, 2.45) is 0 Å². The molecule has 1 aliphatic carbocycles. The molecule has 1 spiro atoms. The maximum absolute atomic E-state index is 12.2. The summed E-state index contributed by atoms with van der Waals surface area (Å²) in [5, 5.41) is 3.42. The Morgan fingerprint density at radius 2 is 2.20 bits per heavy atom. The molecule has 3 atom stereocenters. The SMILES string of the molecule is CC1OCCC1N1C(=O)C2(CC2)NC1C. The molecular formula is C11H18N2O2. The third kappa shape index (κ3) is 1.24. The van der Waals surface area contributed by atoms with Crippen molar-refractivity contribution in [2.45, 2.75) is 57.0 Å². The first-order valence-electron chi connectivity index (χ1n) is 5.86. The van der Waals surface area contributed by atoms with Gasteiger partial charge in [0.05, 0.1) is 23.9 Å². The molecular weight excluding hydrogens is 192 g/mol. The lowest BCUT2D eigenvalue weighted by atomic mass is 10.1. The van der Waals surface area contributed by atoms with E-state index >= 15 is 0 Å². The van der Waals surface area contributed by atoms with E-state index in [-0.39, 0.29) is 23.9 Å². The van der Waals surface area contributed by atoms with Gasteiger partial charge in [0.25, 0.3) is 0 Å². The van der Waals surface area contributed by atoms with E-state index in [1.165, 1.54) is 0 Å². The second-order valence-corrected chi connectivity index (χ2v) is 5.05. The van der Waals surface area contributed by atoms with Crippen LogP contribution in [-0.4, -0.2) is 41.3 Å². The lowest BCUT2D eigenvalue weighted by Gasteiger charge is -2.29. The lowest BCUT2D eigenvalue weighted by molar-refractivity contribution is -0.133. The van der Waals surface area contributed by atoms with Gasteiger partial charge in [-0.15, -0.1) is 0 Å². The zero-order valence-electron chi connectivity index (χ0n) is 9.32. The molecule has 3 unspecified atom stereocenters. The van der Waals surface area contributed by atoms with Crippen LogP contribution in [0.15, 0.2) is 0 Å². The van der Waals surface area contributed by atoms with Crippen LogP contribution in [0.4, 0.5) is 0 Å². The third-order valence-corrected chi connectivity index (χ3v) is 3.99. The van der Waals surface area contributed by atoms with E-state index in [0.717, 1.165) is 25.9 Å². The minimum atomic E-state index is -0.179. The maximum Gasteiger partial charge on any atom is 0.244 e. The molecule has 1 N–H and O–H groups in total. The molecule has 2 saturated heterocycles. The van der Waals surface area contributed by atoms with Crippen molar-refractivity contribution >= 4 is 5.91 Å². The fourth-order valence-corrected chi connectivity index (χ4v) is 2.96. The lowest BCUT2D eigenvalue weighted by Crippen LogP contribution is -2.46. The van der Waals surface area contributed by atoms with Gasteiger partial charge in [-0.3, -0.25) is 10.1 Å². The van der Waals surface area contributed by atoms with Crippen molar-refractivity contribution in [3.63, 3.8) is 0 Å². The summed E-state index contributed by atoms with van der Waals surface area (Å²) in [6, 6.07) is 0.278. The van der Waals surface area contributed by atoms with Crippen molar-refractivity contribution in [2.75, 3.05) is 6.61 Å². The molecule has 0 bridgehead atoms. The van der Waals surface area contributed by atoms with Gasteiger partial charge in [0.2, 0.25) is 5.91 Å². The van der Waals surface area contributed by atoms with E-state index in [0.29, 0.717) is 5.91 Å². The second kappa shape index (κ2) is 2.95. The monoisotopic (exact) mass is 210 g/mol. The van der Waals surface area contributed by atoms with Crippen LogP contribution in [0.5, 0.6) is 0 Å². The molecule has 15 heavy (non-hydrogen) atoms. The first kappa shape index (κ1) is 9.60. The molecule has 4 nitrogen and oxygen atoms in total. The second-order valence-electron chi connectivity index (χ2n) is 5.05. The van der Waals surface area contributed by atoms with Gasteiger partial charge in [0, 0.05) is 6.61 Å². The summed E-state index contributed by atoms with van der Waals surface area (Å²) in [6.45, 7) is 4.93.